The molecule has 1 aromatic carbocycles. The minimum absolute atomic E-state index is 1.05. The van der Waals surface area contributed by atoms with E-state index in [1.807, 2.05) is 7.05 Å². The number of aryl methyl sites for hydroxylation is 1. The third-order valence-electron chi connectivity index (χ3n) is 2.26. The summed E-state index contributed by atoms with van der Waals surface area (Å²) in [5.74, 6) is 0. The van der Waals surface area contributed by atoms with E-state index in [-0.39, 0.29) is 0 Å². The molecule has 0 atom stereocenters. The Bertz CT molecular complexity index is 272. The Balaban J connectivity index is 2.47. The van der Waals surface area contributed by atoms with Crippen LogP contribution >= 0.6 is 0 Å². The van der Waals surface area contributed by atoms with E-state index in [9.17, 15) is 0 Å². The van der Waals surface area contributed by atoms with Gasteiger partial charge in [0.25, 0.3) is 0 Å². The van der Waals surface area contributed by atoms with Crippen LogP contribution in [0.3, 0.4) is 0 Å². The summed E-state index contributed by atoms with van der Waals surface area (Å²) in [6.07, 6.45) is 6.59. The molecule has 0 spiro atoms. The molecule has 1 rings (SSSR count). The zero-order chi connectivity index (χ0) is 10.2. The highest BCUT2D eigenvalue weighted by molar-refractivity contribution is 5.49. The van der Waals surface area contributed by atoms with Crippen LogP contribution in [0.5, 0.6) is 0 Å². The molecule has 0 unspecified atom stereocenters. The van der Waals surface area contributed by atoms with Crippen molar-refractivity contribution in [3.63, 3.8) is 0 Å². The normalized spacial score (nSPS) is 11.0. The van der Waals surface area contributed by atoms with Crippen molar-refractivity contribution in [1.82, 2.24) is 5.32 Å². The van der Waals surface area contributed by atoms with Crippen molar-refractivity contribution >= 4 is 6.08 Å². The molecule has 1 aromatic rings. The van der Waals surface area contributed by atoms with Crippen LogP contribution < -0.4 is 5.32 Å². The summed E-state index contributed by atoms with van der Waals surface area (Å²) in [5.41, 5.74) is 2.69. The van der Waals surface area contributed by atoms with Crippen molar-refractivity contribution in [2.24, 2.45) is 0 Å². The van der Waals surface area contributed by atoms with Crippen LogP contribution in [0, 0.1) is 0 Å². The third-order valence-corrected chi connectivity index (χ3v) is 2.26. The first-order valence-electron chi connectivity index (χ1n) is 5.27. The maximum Gasteiger partial charge on any atom is -0.00172 e. The fourth-order valence-electron chi connectivity index (χ4n) is 1.31. The molecular weight excluding hydrogens is 170 g/mol. The Morgan fingerprint density at radius 1 is 1.21 bits per heavy atom. The molecule has 0 fully saturated rings. The van der Waals surface area contributed by atoms with E-state index in [4.69, 9.17) is 0 Å². The van der Waals surface area contributed by atoms with E-state index < -0.39 is 0 Å². The highest BCUT2D eigenvalue weighted by Crippen LogP contribution is 2.06. The number of rotatable bonds is 5. The van der Waals surface area contributed by atoms with Gasteiger partial charge in [0.15, 0.2) is 0 Å². The van der Waals surface area contributed by atoms with E-state index in [1.165, 1.54) is 11.1 Å². The molecule has 76 valence electrons. The average Bonchev–Trinajstić information content (AvgIpc) is 2.25. The predicted molar refractivity (Wildman–Crippen MR) is 63.4 cm³/mol. The molecule has 1 heteroatoms. The minimum Gasteiger partial charge on any atom is -0.319 e. The van der Waals surface area contributed by atoms with Crippen LogP contribution in [-0.2, 0) is 6.42 Å². The average molecular weight is 189 g/mol. The summed E-state index contributed by atoms with van der Waals surface area (Å²) in [7, 11) is 1.98. The fourth-order valence-corrected chi connectivity index (χ4v) is 1.31. The molecule has 0 aliphatic heterocycles. The molecule has 0 aromatic heterocycles. The van der Waals surface area contributed by atoms with E-state index in [1.54, 1.807) is 0 Å². The van der Waals surface area contributed by atoms with Gasteiger partial charge in [-0.25, -0.2) is 0 Å². The zero-order valence-electron chi connectivity index (χ0n) is 9.09. The Kier molecular flexibility index (Phi) is 5.02. The second-order valence-electron chi connectivity index (χ2n) is 3.39. The van der Waals surface area contributed by atoms with Crippen LogP contribution in [0.15, 0.2) is 30.3 Å². The monoisotopic (exact) mass is 189 g/mol. The standard InChI is InChI=1S/C13H19N/c1-3-12-7-9-13(10-8-12)6-4-5-11-14-2/h4,6-10,14H,3,5,11H2,1-2H3. The Morgan fingerprint density at radius 2 is 1.93 bits per heavy atom. The van der Waals surface area contributed by atoms with E-state index in [0.29, 0.717) is 0 Å². The lowest BCUT2D eigenvalue weighted by molar-refractivity contribution is 0.809. The number of nitrogens with one attached hydrogen (secondary N) is 1. The van der Waals surface area contributed by atoms with Crippen LogP contribution in [0.25, 0.3) is 6.08 Å². The van der Waals surface area contributed by atoms with Gasteiger partial charge < -0.3 is 5.32 Å². The van der Waals surface area contributed by atoms with Gasteiger partial charge in [-0.05, 0) is 37.6 Å². The summed E-state index contributed by atoms with van der Waals surface area (Å²) < 4.78 is 0. The predicted octanol–water partition coefficient (Wildman–Crippen LogP) is 2.87. The molecule has 0 bridgehead atoms. The smallest absolute Gasteiger partial charge is 0.00172 e. The number of hydrogen-bond donors (Lipinski definition) is 1. The van der Waals surface area contributed by atoms with E-state index in [2.05, 4.69) is 48.7 Å². The van der Waals surface area contributed by atoms with Crippen molar-refractivity contribution in [3.8, 4) is 0 Å². The highest BCUT2D eigenvalue weighted by Gasteiger charge is 1.88. The van der Waals surface area contributed by atoms with Crippen molar-refractivity contribution in [1.29, 1.82) is 0 Å². The van der Waals surface area contributed by atoms with Gasteiger partial charge in [-0.3, -0.25) is 0 Å². The molecule has 0 radical (unpaired) electrons. The van der Waals surface area contributed by atoms with Gasteiger partial charge in [0, 0.05) is 0 Å². The van der Waals surface area contributed by atoms with Crippen LogP contribution in [0.2, 0.25) is 0 Å². The summed E-state index contributed by atoms with van der Waals surface area (Å²) in [4.78, 5) is 0. The summed E-state index contributed by atoms with van der Waals surface area (Å²) in [6.45, 7) is 3.22. The van der Waals surface area contributed by atoms with Crippen molar-refractivity contribution in [2.75, 3.05) is 13.6 Å². The second-order valence-corrected chi connectivity index (χ2v) is 3.39. The third kappa shape index (κ3) is 3.75. The first-order chi connectivity index (χ1) is 6.86. The number of benzene rings is 1. The summed E-state index contributed by atoms with van der Waals surface area (Å²) in [5, 5.41) is 3.12. The molecule has 14 heavy (non-hydrogen) atoms. The SMILES string of the molecule is CCc1ccc(C=CCCNC)cc1. The topological polar surface area (TPSA) is 12.0 Å². The van der Waals surface area contributed by atoms with Crippen LogP contribution in [0.4, 0.5) is 0 Å². The first kappa shape index (κ1) is 11.0. The molecule has 0 heterocycles. The van der Waals surface area contributed by atoms with Gasteiger partial charge in [0.1, 0.15) is 0 Å². The van der Waals surface area contributed by atoms with Crippen LogP contribution in [0.1, 0.15) is 24.5 Å². The van der Waals surface area contributed by atoms with E-state index in [0.717, 1.165) is 19.4 Å². The Morgan fingerprint density at radius 3 is 2.50 bits per heavy atom. The Hall–Kier alpha value is -1.08. The molecular formula is C13H19N. The molecule has 1 nitrogen and oxygen atoms in total. The molecule has 0 saturated heterocycles. The largest absolute Gasteiger partial charge is 0.319 e. The van der Waals surface area contributed by atoms with Gasteiger partial charge in [0.2, 0.25) is 0 Å². The molecule has 0 aliphatic carbocycles. The lowest BCUT2D eigenvalue weighted by Gasteiger charge is -1.97. The maximum atomic E-state index is 3.12. The second kappa shape index (κ2) is 6.39. The lowest BCUT2D eigenvalue weighted by Crippen LogP contribution is -2.05. The molecule has 0 aliphatic rings. The lowest BCUT2D eigenvalue weighted by atomic mass is 10.1. The van der Waals surface area contributed by atoms with E-state index >= 15 is 0 Å². The van der Waals surface area contributed by atoms with Gasteiger partial charge >= 0.3 is 0 Å². The highest BCUT2D eigenvalue weighted by atomic mass is 14.8. The van der Waals surface area contributed by atoms with Crippen LogP contribution in [-0.4, -0.2) is 13.6 Å². The quantitative estimate of drug-likeness (QED) is 0.702. The van der Waals surface area contributed by atoms with Crippen molar-refractivity contribution < 1.29 is 0 Å². The Labute approximate surface area is 86.8 Å². The van der Waals surface area contributed by atoms with Crippen molar-refractivity contribution in [3.05, 3.63) is 41.5 Å². The first-order valence-corrected chi connectivity index (χ1v) is 5.27. The van der Waals surface area contributed by atoms with Crippen molar-refractivity contribution in [2.45, 2.75) is 19.8 Å². The molecule has 1 N–H and O–H groups in total. The van der Waals surface area contributed by atoms with Gasteiger partial charge in [-0.1, -0.05) is 43.3 Å². The van der Waals surface area contributed by atoms with Gasteiger partial charge in [-0.15, -0.1) is 0 Å². The van der Waals surface area contributed by atoms with Gasteiger partial charge in [-0.2, -0.15) is 0 Å². The zero-order valence-corrected chi connectivity index (χ0v) is 9.09. The molecule has 0 saturated carbocycles. The number of hydrogen-bond acceptors (Lipinski definition) is 1. The fraction of sp³-hybridized carbons (Fsp3) is 0.385. The van der Waals surface area contributed by atoms with Gasteiger partial charge in [0.05, 0.1) is 0 Å². The summed E-state index contributed by atoms with van der Waals surface area (Å²) in [6, 6.07) is 8.74. The molecule has 0 amide bonds. The summed E-state index contributed by atoms with van der Waals surface area (Å²) >= 11 is 0. The minimum atomic E-state index is 1.05. The maximum absolute atomic E-state index is 3.12.